The third-order valence-corrected chi connectivity index (χ3v) is 6.80. The van der Waals surface area contributed by atoms with Crippen molar-refractivity contribution in [3.63, 3.8) is 0 Å². The first kappa shape index (κ1) is 24.7. The molecule has 7 heteroatoms. The van der Waals surface area contributed by atoms with Gasteiger partial charge in [-0.2, -0.15) is 0 Å². The third kappa shape index (κ3) is 4.40. The quantitative estimate of drug-likeness (QED) is 0.268. The summed E-state index contributed by atoms with van der Waals surface area (Å²) in [6, 6.07) is 17.8. The highest BCUT2D eigenvalue weighted by Crippen LogP contribution is 2.51. The third-order valence-electron chi connectivity index (χ3n) is 6.80. The number of ether oxygens (including phenoxy) is 4. The van der Waals surface area contributed by atoms with E-state index in [9.17, 15) is 4.79 Å². The minimum atomic E-state index is -0.0144. The minimum absolute atomic E-state index is 0.0144. The predicted octanol–water partition coefficient (Wildman–Crippen LogP) is 5.51. The summed E-state index contributed by atoms with van der Waals surface area (Å²) in [6.07, 6.45) is 0.863. The maximum atomic E-state index is 13.6. The fourth-order valence-corrected chi connectivity index (χ4v) is 5.07. The van der Waals surface area contributed by atoms with Crippen molar-refractivity contribution in [2.45, 2.75) is 13.0 Å². The molecule has 192 valence electrons. The van der Waals surface area contributed by atoms with Crippen LogP contribution in [0.5, 0.6) is 23.0 Å². The molecule has 1 heterocycles. The van der Waals surface area contributed by atoms with Crippen LogP contribution in [0.3, 0.4) is 0 Å². The number of hydrogen-bond acceptors (Lipinski definition) is 6. The number of carbonyl (C=O) groups is 1. The van der Waals surface area contributed by atoms with Gasteiger partial charge >= 0.3 is 0 Å². The van der Waals surface area contributed by atoms with Crippen LogP contribution in [-0.4, -0.2) is 59.3 Å². The lowest BCUT2D eigenvalue weighted by Gasteiger charge is -2.21. The maximum Gasteiger partial charge on any atom is 0.259 e. The molecule has 0 N–H and O–H groups in total. The van der Waals surface area contributed by atoms with Crippen molar-refractivity contribution in [3.05, 3.63) is 65.7 Å². The zero-order chi connectivity index (χ0) is 26.1. The molecule has 0 spiro atoms. The first-order chi connectivity index (χ1) is 18.0. The van der Waals surface area contributed by atoms with Crippen molar-refractivity contribution in [2.75, 3.05) is 53.4 Å². The molecule has 0 fully saturated rings. The molecule has 0 unspecified atom stereocenters. The number of rotatable bonds is 10. The van der Waals surface area contributed by atoms with E-state index in [0.29, 0.717) is 41.7 Å². The maximum absolute atomic E-state index is 13.6. The number of methoxy groups -OCH3 is 3. The summed E-state index contributed by atoms with van der Waals surface area (Å²) in [5, 5.41) is 3.54. The van der Waals surface area contributed by atoms with E-state index in [1.807, 2.05) is 67.5 Å². The molecule has 7 nitrogen and oxygen atoms in total. The van der Waals surface area contributed by atoms with Gasteiger partial charge in [-0.1, -0.05) is 30.3 Å². The van der Waals surface area contributed by atoms with Gasteiger partial charge in [0.05, 0.1) is 32.6 Å². The molecule has 0 saturated carbocycles. The second-order valence-electron chi connectivity index (χ2n) is 9.42. The Balaban J connectivity index is 1.72. The van der Waals surface area contributed by atoms with Gasteiger partial charge in [0, 0.05) is 17.3 Å². The molecule has 0 aliphatic carbocycles. The number of nitrogens with zero attached hydrogens (tertiary/aromatic N) is 2. The van der Waals surface area contributed by atoms with Crippen LogP contribution in [0.4, 0.5) is 5.69 Å². The van der Waals surface area contributed by atoms with Gasteiger partial charge < -0.3 is 28.7 Å². The Bertz CT molecular complexity index is 1470. The molecule has 4 aromatic carbocycles. The molecule has 0 aromatic heterocycles. The predicted molar refractivity (Wildman–Crippen MR) is 147 cm³/mol. The molecule has 0 radical (unpaired) electrons. The van der Waals surface area contributed by atoms with Gasteiger partial charge in [0.15, 0.2) is 11.5 Å². The normalized spacial score (nSPS) is 12.6. The Morgan fingerprint density at radius 2 is 1.65 bits per heavy atom. The fourth-order valence-electron chi connectivity index (χ4n) is 5.07. The number of amides is 1. The summed E-state index contributed by atoms with van der Waals surface area (Å²) < 4.78 is 23.6. The average Bonchev–Trinajstić information content (AvgIpc) is 3.17. The van der Waals surface area contributed by atoms with E-state index in [4.69, 9.17) is 18.9 Å². The summed E-state index contributed by atoms with van der Waals surface area (Å²) in [4.78, 5) is 17.6. The standard InChI is InChI=1S/C30H32N2O5/c1-31(2)12-9-13-32-24-14-20-15-25(35-4)28(37-18-19-10-7-6-8-11-19)29(36-5)26(20)22-16-21(34-3)17-23(27(22)24)30(32)33/h6-8,10-11,14-17H,9,12-13,18H2,1-5H3. The molecule has 0 bridgehead atoms. The Labute approximate surface area is 217 Å². The molecule has 1 aliphatic rings. The highest BCUT2D eigenvalue weighted by atomic mass is 16.5. The average molecular weight is 501 g/mol. The molecule has 0 atom stereocenters. The molecule has 5 rings (SSSR count). The second kappa shape index (κ2) is 10.2. The lowest BCUT2D eigenvalue weighted by atomic mass is 9.96. The van der Waals surface area contributed by atoms with Gasteiger partial charge in [0.2, 0.25) is 5.75 Å². The SMILES string of the molecule is COc1cc2c3c(cc4cc(OC)c(OCc5ccccc5)c(OC)c4c3c1)N(CCCN(C)C)C2=O. The van der Waals surface area contributed by atoms with E-state index >= 15 is 0 Å². The summed E-state index contributed by atoms with van der Waals surface area (Å²) in [7, 11) is 8.94. The van der Waals surface area contributed by atoms with Crippen LogP contribution < -0.4 is 23.8 Å². The van der Waals surface area contributed by atoms with Crippen molar-refractivity contribution in [1.29, 1.82) is 0 Å². The number of fused-ring (bicyclic) bond motifs is 2. The van der Waals surface area contributed by atoms with Crippen molar-refractivity contribution >= 4 is 33.1 Å². The molecule has 1 aliphatic heterocycles. The van der Waals surface area contributed by atoms with Gasteiger partial charge in [-0.05, 0) is 67.7 Å². The Morgan fingerprint density at radius 3 is 2.32 bits per heavy atom. The second-order valence-corrected chi connectivity index (χ2v) is 9.42. The summed E-state index contributed by atoms with van der Waals surface area (Å²) in [5.41, 5.74) is 2.57. The van der Waals surface area contributed by atoms with Gasteiger partial charge in [-0.25, -0.2) is 0 Å². The van der Waals surface area contributed by atoms with Crippen molar-refractivity contribution < 1.29 is 23.7 Å². The first-order valence-corrected chi connectivity index (χ1v) is 12.3. The van der Waals surface area contributed by atoms with Gasteiger partial charge in [-0.3, -0.25) is 4.79 Å². The van der Waals surface area contributed by atoms with Crippen LogP contribution in [-0.2, 0) is 6.61 Å². The lowest BCUT2D eigenvalue weighted by Crippen LogP contribution is -2.30. The smallest absolute Gasteiger partial charge is 0.259 e. The number of carbonyl (C=O) groups excluding carboxylic acids is 1. The van der Waals surface area contributed by atoms with E-state index in [-0.39, 0.29) is 5.91 Å². The van der Waals surface area contributed by atoms with Crippen LogP contribution in [0.25, 0.3) is 21.5 Å². The monoisotopic (exact) mass is 500 g/mol. The number of hydrogen-bond donors (Lipinski definition) is 0. The van der Waals surface area contributed by atoms with Gasteiger partial charge in [0.25, 0.3) is 5.91 Å². The van der Waals surface area contributed by atoms with Gasteiger partial charge in [0.1, 0.15) is 12.4 Å². The van der Waals surface area contributed by atoms with E-state index in [1.54, 1.807) is 21.3 Å². The summed E-state index contributed by atoms with van der Waals surface area (Å²) in [5.74, 6) is 2.26. The molecule has 37 heavy (non-hydrogen) atoms. The van der Waals surface area contributed by atoms with Crippen LogP contribution in [0.2, 0.25) is 0 Å². The fraction of sp³-hybridized carbons (Fsp3) is 0.300. The molecule has 1 amide bonds. The largest absolute Gasteiger partial charge is 0.497 e. The molecular weight excluding hydrogens is 468 g/mol. The highest BCUT2D eigenvalue weighted by Gasteiger charge is 2.33. The Kier molecular flexibility index (Phi) is 6.80. The zero-order valence-electron chi connectivity index (χ0n) is 22.0. The van der Waals surface area contributed by atoms with Crippen molar-refractivity contribution in [1.82, 2.24) is 4.90 Å². The molecule has 4 aromatic rings. The topological polar surface area (TPSA) is 60.5 Å². The minimum Gasteiger partial charge on any atom is -0.497 e. The summed E-state index contributed by atoms with van der Waals surface area (Å²) >= 11 is 0. The first-order valence-electron chi connectivity index (χ1n) is 12.3. The number of benzene rings is 4. The van der Waals surface area contributed by atoms with Crippen molar-refractivity contribution in [3.8, 4) is 23.0 Å². The number of anilines is 1. The summed E-state index contributed by atoms with van der Waals surface area (Å²) in [6.45, 7) is 1.88. The van der Waals surface area contributed by atoms with E-state index in [0.717, 1.165) is 45.8 Å². The van der Waals surface area contributed by atoms with E-state index in [1.165, 1.54) is 0 Å². The molecule has 0 saturated heterocycles. The Morgan fingerprint density at radius 1 is 0.865 bits per heavy atom. The lowest BCUT2D eigenvalue weighted by molar-refractivity contribution is 0.0992. The molecular formula is C30H32N2O5. The van der Waals surface area contributed by atoms with E-state index < -0.39 is 0 Å². The van der Waals surface area contributed by atoms with Crippen LogP contribution in [0, 0.1) is 0 Å². The van der Waals surface area contributed by atoms with Crippen LogP contribution in [0.1, 0.15) is 22.3 Å². The van der Waals surface area contributed by atoms with Gasteiger partial charge in [-0.15, -0.1) is 0 Å². The van der Waals surface area contributed by atoms with Crippen LogP contribution in [0.15, 0.2) is 54.6 Å². The zero-order valence-corrected chi connectivity index (χ0v) is 22.0. The Hall–Kier alpha value is -3.97. The van der Waals surface area contributed by atoms with Crippen LogP contribution >= 0.6 is 0 Å². The van der Waals surface area contributed by atoms with Crippen molar-refractivity contribution in [2.24, 2.45) is 0 Å². The highest BCUT2D eigenvalue weighted by molar-refractivity contribution is 6.31. The van der Waals surface area contributed by atoms with E-state index in [2.05, 4.69) is 11.0 Å².